The predicted molar refractivity (Wildman–Crippen MR) is 141 cm³/mol. The molecule has 0 unspecified atom stereocenters. The summed E-state index contributed by atoms with van der Waals surface area (Å²) in [4.78, 5) is 39.7. The number of benzene rings is 2. The number of alkyl halides is 1. The lowest BCUT2D eigenvalue weighted by atomic mass is 9.82. The number of hydrogen-bond acceptors (Lipinski definition) is 6. The molecule has 0 saturated carbocycles. The Kier molecular flexibility index (Phi) is 7.59. The van der Waals surface area contributed by atoms with E-state index in [1.165, 1.54) is 17.1 Å². The Balaban J connectivity index is 1.69. The number of esters is 1. The van der Waals surface area contributed by atoms with E-state index in [1.807, 2.05) is 24.3 Å². The van der Waals surface area contributed by atoms with Crippen molar-refractivity contribution in [2.75, 3.05) is 13.2 Å². The minimum atomic E-state index is -0.860. The first-order valence-corrected chi connectivity index (χ1v) is 12.8. The molecule has 2 aliphatic rings. The highest BCUT2D eigenvalue weighted by molar-refractivity contribution is 14.1. The largest absolute Gasteiger partial charge is 0.508 e. The van der Waals surface area contributed by atoms with Crippen LogP contribution in [0.2, 0.25) is 0 Å². The Bertz CT molecular complexity index is 1240. The van der Waals surface area contributed by atoms with Crippen molar-refractivity contribution < 1.29 is 28.6 Å². The van der Waals surface area contributed by atoms with E-state index in [-0.39, 0.29) is 30.9 Å². The Morgan fingerprint density at radius 3 is 2.60 bits per heavy atom. The minimum Gasteiger partial charge on any atom is -0.457 e. The standard InChI is InChI=1S/C27H26INO6/c1-4-10-33-26(31)24-21(18-12-17-8-6-7-9-20(17)19(13-18)15-28)14-22-23(25(30)29(22)24)16(3)35-27(32)34-11-5-2/h4-9,12-13,16,22-23H,1-2,10-11,14-15H2,3H3/t16-,22-,23-/m1/s1. The summed E-state index contributed by atoms with van der Waals surface area (Å²) in [6, 6.07) is 11.9. The molecule has 1 saturated heterocycles. The highest BCUT2D eigenvalue weighted by atomic mass is 127. The number of β-lactam (4-membered cyclic amide) rings is 1. The third-order valence-corrected chi connectivity index (χ3v) is 7.10. The summed E-state index contributed by atoms with van der Waals surface area (Å²) in [6.07, 6.45) is 1.79. The molecule has 2 aromatic rings. The van der Waals surface area contributed by atoms with E-state index in [4.69, 9.17) is 14.2 Å². The summed E-state index contributed by atoms with van der Waals surface area (Å²) in [5.41, 5.74) is 3.01. The smallest absolute Gasteiger partial charge is 0.457 e. The number of carbonyl (C=O) groups excluding carboxylic acids is 3. The monoisotopic (exact) mass is 587 g/mol. The van der Waals surface area contributed by atoms with Crippen LogP contribution in [-0.4, -0.2) is 48.3 Å². The Hall–Kier alpha value is -3.14. The quantitative estimate of drug-likeness (QED) is 0.132. The second kappa shape index (κ2) is 10.6. The third kappa shape index (κ3) is 4.71. The van der Waals surface area contributed by atoms with E-state index in [2.05, 4.69) is 47.9 Å². The number of carbonyl (C=O) groups is 3. The van der Waals surface area contributed by atoms with Gasteiger partial charge in [-0.25, -0.2) is 9.59 Å². The molecule has 3 atom stereocenters. The lowest BCUT2D eigenvalue weighted by Crippen LogP contribution is -2.62. The van der Waals surface area contributed by atoms with E-state index in [9.17, 15) is 14.4 Å². The van der Waals surface area contributed by atoms with Crippen LogP contribution >= 0.6 is 22.6 Å². The summed E-state index contributed by atoms with van der Waals surface area (Å²) >= 11 is 2.32. The van der Waals surface area contributed by atoms with E-state index in [1.54, 1.807) is 6.92 Å². The molecule has 0 aromatic heterocycles. The number of nitrogens with zero attached hydrogens (tertiary/aromatic N) is 1. The van der Waals surface area contributed by atoms with Gasteiger partial charge in [-0.05, 0) is 52.9 Å². The van der Waals surface area contributed by atoms with Crippen LogP contribution in [0.1, 0.15) is 24.5 Å². The van der Waals surface area contributed by atoms with Crippen LogP contribution in [0.4, 0.5) is 4.79 Å². The number of rotatable bonds is 9. The Morgan fingerprint density at radius 2 is 1.89 bits per heavy atom. The van der Waals surface area contributed by atoms with Gasteiger partial charge in [-0.3, -0.25) is 4.79 Å². The van der Waals surface area contributed by atoms with Crippen LogP contribution in [0.5, 0.6) is 0 Å². The topological polar surface area (TPSA) is 82.1 Å². The lowest BCUT2D eigenvalue weighted by Gasteiger charge is -2.45. The molecule has 4 rings (SSSR count). The molecule has 1 fully saturated rings. The van der Waals surface area contributed by atoms with Crippen molar-refractivity contribution in [3.05, 3.63) is 78.5 Å². The van der Waals surface area contributed by atoms with Gasteiger partial charge < -0.3 is 19.1 Å². The van der Waals surface area contributed by atoms with Gasteiger partial charge in [0.1, 0.15) is 25.0 Å². The second-order valence-electron chi connectivity index (χ2n) is 8.38. The maximum absolute atomic E-state index is 13.2. The molecule has 0 bridgehead atoms. The summed E-state index contributed by atoms with van der Waals surface area (Å²) in [6.45, 7) is 8.81. The molecule has 8 heteroatoms. The maximum atomic E-state index is 13.2. The SMILES string of the molecule is C=CCOC(=O)O[C@H](C)[C@H]1C(=O)N2C(C(=O)OCC=C)=C(c3cc(CI)c4ccccc4c3)C[C@H]12. The van der Waals surface area contributed by atoms with Crippen LogP contribution < -0.4 is 0 Å². The van der Waals surface area contributed by atoms with Crippen LogP contribution in [0, 0.1) is 5.92 Å². The van der Waals surface area contributed by atoms with E-state index >= 15 is 0 Å². The molecule has 35 heavy (non-hydrogen) atoms. The lowest BCUT2D eigenvalue weighted by molar-refractivity contribution is -0.162. The zero-order valence-electron chi connectivity index (χ0n) is 19.4. The first-order valence-electron chi connectivity index (χ1n) is 11.3. The van der Waals surface area contributed by atoms with Gasteiger partial charge in [0.05, 0.1) is 12.0 Å². The Labute approximate surface area is 217 Å². The molecule has 0 aliphatic carbocycles. The minimum absolute atomic E-state index is 0.0197. The first kappa shape index (κ1) is 25.0. The number of amides is 1. The average Bonchev–Trinajstić information content (AvgIpc) is 3.20. The molecule has 182 valence electrons. The molecule has 1 amide bonds. The zero-order valence-corrected chi connectivity index (χ0v) is 21.5. The number of ether oxygens (including phenoxy) is 3. The van der Waals surface area contributed by atoms with Crippen LogP contribution in [0.25, 0.3) is 16.3 Å². The summed E-state index contributed by atoms with van der Waals surface area (Å²) in [7, 11) is 0. The average molecular weight is 587 g/mol. The van der Waals surface area contributed by atoms with Gasteiger partial charge in [0.25, 0.3) is 0 Å². The zero-order chi connectivity index (χ0) is 25.1. The molecule has 7 nitrogen and oxygen atoms in total. The van der Waals surface area contributed by atoms with E-state index in [0.717, 1.165) is 31.9 Å². The van der Waals surface area contributed by atoms with Crippen molar-refractivity contribution in [3.8, 4) is 0 Å². The van der Waals surface area contributed by atoms with Crippen molar-refractivity contribution in [2.45, 2.75) is 29.9 Å². The third-order valence-electron chi connectivity index (χ3n) is 6.28. The summed E-state index contributed by atoms with van der Waals surface area (Å²) in [5, 5.41) is 2.21. The number of halogens is 1. The summed E-state index contributed by atoms with van der Waals surface area (Å²) in [5.74, 6) is -1.44. The van der Waals surface area contributed by atoms with Crippen molar-refractivity contribution in [1.82, 2.24) is 4.90 Å². The first-order chi connectivity index (χ1) is 16.9. The molecular formula is C27H26INO6. The highest BCUT2D eigenvalue weighted by Gasteiger charge is 2.58. The second-order valence-corrected chi connectivity index (χ2v) is 9.15. The van der Waals surface area contributed by atoms with Gasteiger partial charge in [-0.15, -0.1) is 0 Å². The van der Waals surface area contributed by atoms with Gasteiger partial charge in [0, 0.05) is 4.43 Å². The van der Waals surface area contributed by atoms with Crippen LogP contribution in [-0.2, 0) is 28.2 Å². The molecule has 0 N–H and O–H groups in total. The molecule has 0 radical (unpaired) electrons. The highest BCUT2D eigenvalue weighted by Crippen LogP contribution is 2.48. The van der Waals surface area contributed by atoms with Gasteiger partial charge in [-0.2, -0.15) is 0 Å². The van der Waals surface area contributed by atoms with E-state index in [0.29, 0.717) is 6.42 Å². The fourth-order valence-corrected chi connectivity index (χ4v) is 5.40. The van der Waals surface area contributed by atoms with Gasteiger partial charge in [0.2, 0.25) is 5.91 Å². The number of hydrogen-bond donors (Lipinski definition) is 0. The number of fused-ring (bicyclic) bond motifs is 2. The molecule has 2 aromatic carbocycles. The van der Waals surface area contributed by atoms with Crippen LogP contribution in [0.15, 0.2) is 67.4 Å². The summed E-state index contributed by atoms with van der Waals surface area (Å²) < 4.78 is 16.4. The fourth-order valence-electron chi connectivity index (χ4n) is 4.77. The van der Waals surface area contributed by atoms with Gasteiger partial charge in [0.15, 0.2) is 0 Å². The van der Waals surface area contributed by atoms with Crippen molar-refractivity contribution >= 4 is 57.0 Å². The van der Waals surface area contributed by atoms with Gasteiger partial charge in [-0.1, -0.05) is 72.2 Å². The van der Waals surface area contributed by atoms with Crippen molar-refractivity contribution in [2.24, 2.45) is 5.92 Å². The predicted octanol–water partition coefficient (Wildman–Crippen LogP) is 5.17. The Morgan fingerprint density at radius 1 is 1.17 bits per heavy atom. The molecule has 2 heterocycles. The van der Waals surface area contributed by atoms with E-state index < -0.39 is 24.1 Å². The van der Waals surface area contributed by atoms with Crippen molar-refractivity contribution in [3.63, 3.8) is 0 Å². The van der Waals surface area contributed by atoms with Crippen LogP contribution in [0.3, 0.4) is 0 Å². The van der Waals surface area contributed by atoms with Crippen molar-refractivity contribution in [1.29, 1.82) is 0 Å². The molecular weight excluding hydrogens is 561 g/mol. The molecule has 2 aliphatic heterocycles. The maximum Gasteiger partial charge on any atom is 0.508 e. The molecule has 0 spiro atoms. The van der Waals surface area contributed by atoms with Gasteiger partial charge >= 0.3 is 12.1 Å². The fraction of sp³-hybridized carbons (Fsp3) is 0.296. The normalized spacial score (nSPS) is 19.6.